The van der Waals surface area contributed by atoms with Crippen molar-refractivity contribution in [2.45, 2.75) is 17.5 Å². The third kappa shape index (κ3) is 4.86. The summed E-state index contributed by atoms with van der Waals surface area (Å²) in [5.74, 6) is 1.34. The van der Waals surface area contributed by atoms with Gasteiger partial charge in [0.15, 0.2) is 16.7 Å². The van der Waals surface area contributed by atoms with Crippen molar-refractivity contribution < 1.29 is 9.21 Å². The molecule has 0 aliphatic rings. The lowest BCUT2D eigenvalue weighted by atomic mass is 10.2. The average Bonchev–Trinajstić information content (AvgIpc) is 3.63. The van der Waals surface area contributed by atoms with Gasteiger partial charge >= 0.3 is 0 Å². The van der Waals surface area contributed by atoms with E-state index in [1.165, 1.54) is 18.0 Å². The number of benzene rings is 1. The Bertz CT molecular complexity index is 1330. The fourth-order valence-corrected chi connectivity index (χ4v) is 4.62. The maximum atomic E-state index is 12.4. The van der Waals surface area contributed by atoms with E-state index in [0.29, 0.717) is 23.3 Å². The van der Waals surface area contributed by atoms with E-state index in [1.54, 1.807) is 23.7 Å². The van der Waals surface area contributed by atoms with Crippen molar-refractivity contribution in [3.05, 3.63) is 95.8 Å². The third-order valence-corrected chi connectivity index (χ3v) is 6.48. The van der Waals surface area contributed by atoms with Gasteiger partial charge in [0.1, 0.15) is 6.26 Å². The van der Waals surface area contributed by atoms with Gasteiger partial charge in [0.05, 0.1) is 10.6 Å². The van der Waals surface area contributed by atoms with Gasteiger partial charge in [-0.2, -0.15) is 0 Å². The highest BCUT2D eigenvalue weighted by Crippen LogP contribution is 2.31. The Kier molecular flexibility index (Phi) is 6.27. The van der Waals surface area contributed by atoms with E-state index < -0.39 is 0 Å². The summed E-state index contributed by atoms with van der Waals surface area (Å²) in [7, 11) is 0. The first kappa shape index (κ1) is 21.1. The molecule has 0 saturated heterocycles. The van der Waals surface area contributed by atoms with E-state index in [1.807, 2.05) is 64.5 Å². The van der Waals surface area contributed by atoms with Crippen LogP contribution in [0.15, 0.2) is 88.2 Å². The van der Waals surface area contributed by atoms with Crippen LogP contribution in [0.2, 0.25) is 0 Å². The molecule has 1 amide bonds. The van der Waals surface area contributed by atoms with Crippen molar-refractivity contribution in [3.8, 4) is 16.4 Å². The zero-order valence-electron chi connectivity index (χ0n) is 17.3. The van der Waals surface area contributed by atoms with Crippen molar-refractivity contribution >= 4 is 29.0 Å². The maximum absolute atomic E-state index is 12.4. The van der Waals surface area contributed by atoms with Gasteiger partial charge in [-0.05, 0) is 41.3 Å². The van der Waals surface area contributed by atoms with Crippen molar-refractivity contribution in [2.75, 3.05) is 0 Å². The molecule has 1 aromatic carbocycles. The molecule has 0 aliphatic heterocycles. The second-order valence-electron chi connectivity index (χ2n) is 6.91. The molecule has 0 unspecified atom stereocenters. The second-order valence-corrected chi connectivity index (χ2v) is 8.80. The molecule has 0 spiro atoms. The summed E-state index contributed by atoms with van der Waals surface area (Å²) in [5.41, 5.74) is 2.17. The van der Waals surface area contributed by atoms with E-state index >= 15 is 0 Å². The number of rotatable bonds is 8. The molecular formula is C23H18N6O2S2. The van der Waals surface area contributed by atoms with Crippen molar-refractivity contribution in [3.63, 3.8) is 0 Å². The Morgan fingerprint density at radius 3 is 2.70 bits per heavy atom. The van der Waals surface area contributed by atoms with Gasteiger partial charge in [-0.3, -0.25) is 14.3 Å². The van der Waals surface area contributed by atoms with Gasteiger partial charge < -0.3 is 9.73 Å². The summed E-state index contributed by atoms with van der Waals surface area (Å²) in [6.07, 6.45) is 4.74. The number of oxazole rings is 1. The number of thiophene rings is 1. The third-order valence-electron chi connectivity index (χ3n) is 4.70. The zero-order chi connectivity index (χ0) is 22.5. The van der Waals surface area contributed by atoms with Gasteiger partial charge in [0.25, 0.3) is 5.91 Å². The zero-order valence-corrected chi connectivity index (χ0v) is 18.9. The minimum absolute atomic E-state index is 0.239. The predicted molar refractivity (Wildman–Crippen MR) is 126 cm³/mol. The summed E-state index contributed by atoms with van der Waals surface area (Å²) in [6.45, 7) is 0.393. The molecule has 0 bridgehead atoms. The lowest BCUT2D eigenvalue weighted by molar-refractivity contribution is 0.0946. The van der Waals surface area contributed by atoms with Crippen LogP contribution in [0.4, 0.5) is 0 Å². The lowest BCUT2D eigenvalue weighted by Gasteiger charge is -2.08. The van der Waals surface area contributed by atoms with Crippen LogP contribution < -0.4 is 5.32 Å². The van der Waals surface area contributed by atoms with Gasteiger partial charge in [-0.25, -0.2) is 4.98 Å². The molecular weight excluding hydrogens is 456 g/mol. The highest BCUT2D eigenvalue weighted by atomic mass is 32.2. The van der Waals surface area contributed by atoms with Crippen LogP contribution in [0.3, 0.4) is 0 Å². The maximum Gasteiger partial charge on any atom is 0.273 e. The van der Waals surface area contributed by atoms with E-state index in [4.69, 9.17) is 4.42 Å². The van der Waals surface area contributed by atoms with E-state index in [-0.39, 0.29) is 11.6 Å². The Hall–Kier alpha value is -3.76. The van der Waals surface area contributed by atoms with Crippen LogP contribution in [-0.2, 0) is 12.3 Å². The van der Waals surface area contributed by atoms with Gasteiger partial charge in [0, 0.05) is 24.6 Å². The van der Waals surface area contributed by atoms with Crippen LogP contribution in [-0.4, -0.2) is 30.6 Å². The average molecular weight is 475 g/mol. The van der Waals surface area contributed by atoms with Crippen molar-refractivity contribution in [1.82, 2.24) is 30.0 Å². The number of para-hydroxylation sites is 1. The Labute approximate surface area is 197 Å². The van der Waals surface area contributed by atoms with Crippen LogP contribution in [0.5, 0.6) is 0 Å². The van der Waals surface area contributed by atoms with Gasteiger partial charge in [-0.15, -0.1) is 21.5 Å². The first-order valence-corrected chi connectivity index (χ1v) is 11.9. The van der Waals surface area contributed by atoms with Crippen LogP contribution in [0.1, 0.15) is 21.9 Å². The molecule has 4 heterocycles. The van der Waals surface area contributed by atoms with E-state index in [2.05, 4.69) is 25.5 Å². The molecule has 4 aromatic heterocycles. The standard InChI is InChI=1S/C23H18N6O2S2/c30-22(25-13-16-8-10-24-11-9-16)18-14-31-20(26-18)15-33-23-28-27-21(19-7-4-12-32-19)29(23)17-5-2-1-3-6-17/h1-12,14H,13,15H2,(H,25,30). The molecule has 0 radical (unpaired) electrons. The second kappa shape index (κ2) is 9.80. The van der Waals surface area contributed by atoms with Crippen LogP contribution in [0, 0.1) is 0 Å². The number of nitrogens with one attached hydrogen (secondary N) is 1. The number of pyridine rings is 1. The summed E-state index contributed by atoms with van der Waals surface area (Å²) in [4.78, 5) is 21.7. The molecule has 1 N–H and O–H groups in total. The Morgan fingerprint density at radius 2 is 1.91 bits per heavy atom. The number of thioether (sulfide) groups is 1. The molecule has 0 fully saturated rings. The molecule has 5 aromatic rings. The fourth-order valence-electron chi connectivity index (χ4n) is 3.12. The number of hydrogen-bond donors (Lipinski definition) is 1. The Morgan fingerprint density at radius 1 is 1.06 bits per heavy atom. The summed E-state index contributed by atoms with van der Waals surface area (Å²) in [5, 5.41) is 14.4. The van der Waals surface area contributed by atoms with Crippen molar-refractivity contribution in [2.24, 2.45) is 0 Å². The molecule has 5 rings (SSSR count). The van der Waals surface area contributed by atoms with Gasteiger partial charge in [-0.1, -0.05) is 36.0 Å². The molecule has 10 heteroatoms. The number of carbonyl (C=O) groups excluding carboxylic acids is 1. The van der Waals surface area contributed by atoms with Crippen LogP contribution >= 0.6 is 23.1 Å². The minimum atomic E-state index is -0.292. The smallest absolute Gasteiger partial charge is 0.273 e. The molecule has 0 saturated carbocycles. The predicted octanol–water partition coefficient (Wildman–Crippen LogP) is 4.60. The number of aromatic nitrogens is 5. The van der Waals surface area contributed by atoms with E-state index in [9.17, 15) is 4.79 Å². The molecule has 8 nitrogen and oxygen atoms in total. The molecule has 33 heavy (non-hydrogen) atoms. The topological polar surface area (TPSA) is 98.7 Å². The number of amides is 1. The number of hydrogen-bond acceptors (Lipinski definition) is 8. The van der Waals surface area contributed by atoms with Crippen molar-refractivity contribution in [1.29, 1.82) is 0 Å². The molecule has 0 aliphatic carbocycles. The molecule has 164 valence electrons. The minimum Gasteiger partial charge on any atom is -0.447 e. The number of nitrogens with zero attached hydrogens (tertiary/aromatic N) is 5. The number of carbonyl (C=O) groups is 1. The Balaban J connectivity index is 1.29. The first-order valence-electron chi connectivity index (χ1n) is 10.1. The highest BCUT2D eigenvalue weighted by molar-refractivity contribution is 7.98. The first-order chi connectivity index (χ1) is 16.3. The normalized spacial score (nSPS) is 10.9. The summed E-state index contributed by atoms with van der Waals surface area (Å²) in [6, 6.07) is 17.7. The van der Waals surface area contributed by atoms with E-state index in [0.717, 1.165) is 22.0 Å². The summed E-state index contributed by atoms with van der Waals surface area (Å²) >= 11 is 3.06. The lowest BCUT2D eigenvalue weighted by Crippen LogP contribution is -2.23. The monoisotopic (exact) mass is 474 g/mol. The molecule has 0 atom stereocenters. The fraction of sp³-hybridized carbons (Fsp3) is 0.0870. The SMILES string of the molecule is O=C(NCc1ccncc1)c1coc(CSc2nnc(-c3cccs3)n2-c2ccccc2)n1. The summed E-state index contributed by atoms with van der Waals surface area (Å²) < 4.78 is 7.54. The van der Waals surface area contributed by atoms with Crippen LogP contribution in [0.25, 0.3) is 16.4 Å². The van der Waals surface area contributed by atoms with Gasteiger partial charge in [0.2, 0.25) is 5.89 Å². The largest absolute Gasteiger partial charge is 0.447 e. The highest BCUT2D eigenvalue weighted by Gasteiger charge is 2.18. The quantitative estimate of drug-likeness (QED) is 0.328.